The highest BCUT2D eigenvalue weighted by atomic mass is 16.3. The summed E-state index contributed by atoms with van der Waals surface area (Å²) in [5.41, 5.74) is 6.01. The predicted molar refractivity (Wildman–Crippen MR) is 101 cm³/mol. The van der Waals surface area contributed by atoms with E-state index in [1.54, 1.807) is 18.1 Å². The molecule has 6 atom stereocenters. The van der Waals surface area contributed by atoms with Gasteiger partial charge in [-0.05, 0) is 99.9 Å². The molecule has 0 spiro atoms. The minimum absolute atomic E-state index is 0.0966. The molecule has 0 heterocycles. The molecule has 2 saturated carbocycles. The highest BCUT2D eigenvalue weighted by Gasteiger charge is 2.58. The van der Waals surface area contributed by atoms with Crippen LogP contribution < -0.4 is 0 Å². The fraction of sp³-hybridized carbons (Fsp3) is 0.783. The minimum atomic E-state index is -0.136. The van der Waals surface area contributed by atoms with E-state index in [0.29, 0.717) is 17.6 Å². The van der Waals surface area contributed by atoms with Gasteiger partial charge >= 0.3 is 0 Å². The smallest absolute Gasteiger partial charge is 0.156 e. The molecule has 0 aromatic carbocycles. The van der Waals surface area contributed by atoms with Gasteiger partial charge in [-0.1, -0.05) is 30.6 Å². The van der Waals surface area contributed by atoms with Crippen molar-refractivity contribution >= 4 is 5.78 Å². The van der Waals surface area contributed by atoms with Crippen molar-refractivity contribution in [3.8, 4) is 0 Å². The quantitative estimate of drug-likeness (QED) is 0.664. The molecular weight excluding hydrogens is 308 g/mol. The molecular formula is C23H34O2. The van der Waals surface area contributed by atoms with Gasteiger partial charge in [0.15, 0.2) is 5.78 Å². The largest absolute Gasteiger partial charge is 0.393 e. The van der Waals surface area contributed by atoms with Crippen LogP contribution in [0, 0.1) is 28.6 Å². The molecule has 4 aliphatic rings. The summed E-state index contributed by atoms with van der Waals surface area (Å²) >= 11 is 0. The molecule has 0 saturated heterocycles. The van der Waals surface area contributed by atoms with Gasteiger partial charge in [0.25, 0.3) is 0 Å². The van der Waals surface area contributed by atoms with Crippen molar-refractivity contribution in [1.29, 1.82) is 0 Å². The number of ketones is 1. The van der Waals surface area contributed by atoms with Crippen molar-refractivity contribution < 1.29 is 9.90 Å². The van der Waals surface area contributed by atoms with Gasteiger partial charge in [0, 0.05) is 0 Å². The van der Waals surface area contributed by atoms with E-state index in [0.717, 1.165) is 43.6 Å². The number of fused-ring (bicyclic) bond motifs is 5. The third-order valence-corrected chi connectivity index (χ3v) is 8.70. The third kappa shape index (κ3) is 2.29. The monoisotopic (exact) mass is 342 g/mol. The van der Waals surface area contributed by atoms with Crippen molar-refractivity contribution in [2.45, 2.75) is 85.7 Å². The number of carbonyl (C=O) groups is 1. The van der Waals surface area contributed by atoms with Crippen LogP contribution in [0.2, 0.25) is 0 Å². The maximum absolute atomic E-state index is 12.4. The summed E-state index contributed by atoms with van der Waals surface area (Å²) < 4.78 is 0. The average molecular weight is 343 g/mol. The highest BCUT2D eigenvalue weighted by molar-refractivity contribution is 5.96. The Morgan fingerprint density at radius 2 is 1.64 bits per heavy atom. The van der Waals surface area contributed by atoms with Crippen LogP contribution in [-0.2, 0) is 4.79 Å². The molecule has 0 bridgehead atoms. The molecule has 2 heteroatoms. The van der Waals surface area contributed by atoms with Gasteiger partial charge in [0.2, 0.25) is 0 Å². The molecule has 0 aromatic rings. The number of allylic oxidation sites excluding steroid dienone is 3. The normalized spacial score (nSPS) is 46.6. The van der Waals surface area contributed by atoms with E-state index < -0.39 is 0 Å². The summed E-state index contributed by atoms with van der Waals surface area (Å²) in [7, 11) is 0. The molecule has 25 heavy (non-hydrogen) atoms. The maximum atomic E-state index is 12.4. The molecule has 4 aliphatic carbocycles. The summed E-state index contributed by atoms with van der Waals surface area (Å²) in [6.07, 6.45) is 7.55. The van der Waals surface area contributed by atoms with Crippen LogP contribution in [-0.4, -0.2) is 17.0 Å². The molecule has 0 radical (unpaired) electrons. The van der Waals surface area contributed by atoms with E-state index in [4.69, 9.17) is 0 Å². The zero-order chi connectivity index (χ0) is 18.1. The van der Waals surface area contributed by atoms with Crippen molar-refractivity contribution in [1.82, 2.24) is 0 Å². The predicted octanol–water partition coefficient (Wildman–Crippen LogP) is 5.22. The van der Waals surface area contributed by atoms with E-state index in [1.807, 2.05) is 0 Å². The average Bonchev–Trinajstić information content (AvgIpc) is 2.80. The molecule has 138 valence electrons. The zero-order valence-corrected chi connectivity index (χ0v) is 16.6. The third-order valence-electron chi connectivity index (χ3n) is 8.70. The number of aliphatic hydroxyl groups is 1. The maximum Gasteiger partial charge on any atom is 0.156 e. The number of rotatable bonds is 1. The van der Waals surface area contributed by atoms with Gasteiger partial charge < -0.3 is 5.11 Å². The van der Waals surface area contributed by atoms with Gasteiger partial charge in [0.05, 0.1) is 6.10 Å². The van der Waals surface area contributed by atoms with Crippen molar-refractivity contribution in [2.75, 3.05) is 0 Å². The van der Waals surface area contributed by atoms with Gasteiger partial charge in [-0.25, -0.2) is 0 Å². The van der Waals surface area contributed by atoms with Crippen LogP contribution in [0.5, 0.6) is 0 Å². The van der Waals surface area contributed by atoms with E-state index in [9.17, 15) is 9.90 Å². The topological polar surface area (TPSA) is 37.3 Å². The Balaban J connectivity index is 1.74. The Kier molecular flexibility index (Phi) is 3.89. The summed E-state index contributed by atoms with van der Waals surface area (Å²) in [6.45, 7) is 11.1. The van der Waals surface area contributed by atoms with Crippen LogP contribution in [0.4, 0.5) is 0 Å². The first-order chi connectivity index (χ1) is 11.7. The summed E-state index contributed by atoms with van der Waals surface area (Å²) in [4.78, 5) is 12.4. The lowest BCUT2D eigenvalue weighted by Gasteiger charge is -2.58. The molecule has 0 amide bonds. The Morgan fingerprint density at radius 3 is 2.32 bits per heavy atom. The molecule has 4 rings (SSSR count). The van der Waals surface area contributed by atoms with Gasteiger partial charge in [-0.3, -0.25) is 4.79 Å². The second-order valence-electron chi connectivity index (χ2n) is 10.0. The van der Waals surface area contributed by atoms with Gasteiger partial charge in [0.1, 0.15) is 0 Å². The Bertz CT molecular complexity index is 684. The fourth-order valence-corrected chi connectivity index (χ4v) is 7.73. The van der Waals surface area contributed by atoms with E-state index in [1.165, 1.54) is 18.4 Å². The van der Waals surface area contributed by atoms with Crippen LogP contribution in [0.3, 0.4) is 0 Å². The zero-order valence-electron chi connectivity index (χ0n) is 16.6. The number of Topliss-reactive ketones (excluding diaryl/α,β-unsaturated/α-hetero) is 1. The number of carbonyl (C=O) groups excluding carboxylic acids is 1. The second-order valence-corrected chi connectivity index (χ2v) is 10.0. The first-order valence-electron chi connectivity index (χ1n) is 10.3. The molecule has 2 nitrogen and oxygen atoms in total. The van der Waals surface area contributed by atoms with E-state index in [-0.39, 0.29) is 16.9 Å². The van der Waals surface area contributed by atoms with Crippen LogP contribution in [0.25, 0.3) is 0 Å². The highest BCUT2D eigenvalue weighted by Crippen LogP contribution is 2.66. The van der Waals surface area contributed by atoms with Gasteiger partial charge in [-0.2, -0.15) is 0 Å². The molecule has 0 aromatic heterocycles. The van der Waals surface area contributed by atoms with Crippen molar-refractivity contribution in [3.63, 3.8) is 0 Å². The summed E-state index contributed by atoms with van der Waals surface area (Å²) in [5, 5.41) is 10.2. The number of aliphatic hydroxyl groups excluding tert-OH is 1. The number of hydrogen-bond acceptors (Lipinski definition) is 2. The van der Waals surface area contributed by atoms with Crippen molar-refractivity contribution in [3.05, 3.63) is 22.3 Å². The van der Waals surface area contributed by atoms with E-state index in [2.05, 4.69) is 27.7 Å². The lowest BCUT2D eigenvalue weighted by Crippen LogP contribution is -2.51. The molecule has 6 unspecified atom stereocenters. The van der Waals surface area contributed by atoms with Gasteiger partial charge in [-0.15, -0.1) is 0 Å². The van der Waals surface area contributed by atoms with Crippen LogP contribution in [0.15, 0.2) is 22.3 Å². The number of hydrogen-bond donors (Lipinski definition) is 1. The SMILES string of the molecule is CC(=O)C1=C(C)CC2C3CC(C)=C4CC(O)CCC4(C)C3CCC12C. The van der Waals surface area contributed by atoms with E-state index >= 15 is 0 Å². The molecule has 1 N–H and O–H groups in total. The summed E-state index contributed by atoms with van der Waals surface area (Å²) in [5.74, 6) is 2.37. The Morgan fingerprint density at radius 1 is 0.960 bits per heavy atom. The Hall–Kier alpha value is -0.890. The fourth-order valence-electron chi connectivity index (χ4n) is 7.73. The van der Waals surface area contributed by atoms with Crippen molar-refractivity contribution in [2.24, 2.45) is 28.6 Å². The standard InChI is InChI=1S/C23H34O2/c1-13-10-17-18(22(4)8-6-16(25)12-19(13)22)7-9-23(5)20(17)11-14(2)21(23)15(3)24/h16-18,20,25H,6-12H2,1-5H3. The molecule has 2 fully saturated rings. The first-order valence-corrected chi connectivity index (χ1v) is 10.3. The lowest BCUT2D eigenvalue weighted by atomic mass is 9.46. The van der Waals surface area contributed by atoms with Crippen LogP contribution in [0.1, 0.15) is 79.6 Å². The lowest BCUT2D eigenvalue weighted by molar-refractivity contribution is -0.115. The summed E-state index contributed by atoms with van der Waals surface area (Å²) in [6, 6.07) is 0. The minimum Gasteiger partial charge on any atom is -0.393 e. The Labute approximate surface area is 152 Å². The second kappa shape index (κ2) is 5.55. The van der Waals surface area contributed by atoms with Crippen LogP contribution >= 0.6 is 0 Å². The molecule has 0 aliphatic heterocycles. The first kappa shape index (κ1) is 17.5.